The number of aryl methyl sites for hydroxylation is 2. The highest BCUT2D eigenvalue weighted by Crippen LogP contribution is 2.31. The highest BCUT2D eigenvalue weighted by molar-refractivity contribution is 7.92. The summed E-state index contributed by atoms with van der Waals surface area (Å²) < 4.78 is 34.4. The van der Waals surface area contributed by atoms with Gasteiger partial charge in [0.05, 0.1) is 24.2 Å². The van der Waals surface area contributed by atoms with Gasteiger partial charge >= 0.3 is 0 Å². The molecule has 1 heterocycles. The summed E-state index contributed by atoms with van der Waals surface area (Å²) in [5.41, 5.74) is 5.24. The zero-order valence-corrected chi connectivity index (χ0v) is 22.5. The molecule has 2 aromatic carbocycles. The van der Waals surface area contributed by atoms with Crippen molar-refractivity contribution >= 4 is 33.3 Å². The second-order valence-electron chi connectivity index (χ2n) is 8.79. The maximum absolute atomic E-state index is 13.2. The minimum Gasteiger partial charge on any atom is -0.495 e. The lowest BCUT2D eigenvalue weighted by Crippen LogP contribution is -2.29. The molecule has 36 heavy (non-hydrogen) atoms. The van der Waals surface area contributed by atoms with E-state index in [0.717, 1.165) is 60.7 Å². The number of ether oxygens (including phenoxy) is 1. The molecule has 1 aliphatic heterocycles. The Balaban J connectivity index is 1.76. The van der Waals surface area contributed by atoms with E-state index in [1.54, 1.807) is 38.4 Å². The van der Waals surface area contributed by atoms with E-state index >= 15 is 0 Å². The van der Waals surface area contributed by atoms with E-state index in [1.807, 2.05) is 32.0 Å². The Morgan fingerprint density at radius 1 is 1.03 bits per heavy atom. The number of nitrogens with zero attached hydrogens (tertiary/aromatic N) is 3. The van der Waals surface area contributed by atoms with Crippen molar-refractivity contribution in [1.82, 2.24) is 9.80 Å². The van der Waals surface area contributed by atoms with Gasteiger partial charge < -0.3 is 14.5 Å². The van der Waals surface area contributed by atoms with Gasteiger partial charge in [0.15, 0.2) is 0 Å². The fraction of sp³-hybridized carbons (Fsp3) is 0.321. The molecule has 0 aliphatic carbocycles. The van der Waals surface area contributed by atoms with E-state index in [4.69, 9.17) is 4.74 Å². The van der Waals surface area contributed by atoms with Gasteiger partial charge in [-0.3, -0.25) is 9.71 Å². The second kappa shape index (κ2) is 11.5. The van der Waals surface area contributed by atoms with Crippen LogP contribution in [0.2, 0.25) is 0 Å². The molecule has 1 saturated heterocycles. The van der Waals surface area contributed by atoms with Crippen LogP contribution in [0.3, 0.4) is 0 Å². The van der Waals surface area contributed by atoms with E-state index in [9.17, 15) is 8.42 Å². The zero-order chi connectivity index (χ0) is 26.5. The molecule has 1 fully saturated rings. The standard InChI is InChI=1S/C28H36N4O3S/c1-8-29-28-20(2)11-9-12-27(28)36(33,34)30-26-14-13-25(19-21(26)3)23(5)32-16-10-15-31(17-18-32)22(4)24(6)35-7/h8-9,11-14,19,30H,4-6,10,15-18H2,1-3,7H3. The molecule has 0 unspecified atom stereocenters. The number of para-hydroxylation sites is 1. The molecule has 0 radical (unpaired) electrons. The molecule has 3 rings (SSSR count). The van der Waals surface area contributed by atoms with E-state index in [-0.39, 0.29) is 4.90 Å². The lowest BCUT2D eigenvalue weighted by Gasteiger charge is -2.27. The molecule has 0 amide bonds. The highest BCUT2D eigenvalue weighted by Gasteiger charge is 2.22. The van der Waals surface area contributed by atoms with Gasteiger partial charge in [-0.25, -0.2) is 8.42 Å². The smallest absolute Gasteiger partial charge is 0.264 e. The number of hydrogen-bond donors (Lipinski definition) is 1. The van der Waals surface area contributed by atoms with Crippen molar-refractivity contribution in [2.75, 3.05) is 38.0 Å². The number of rotatable bonds is 9. The summed E-state index contributed by atoms with van der Waals surface area (Å²) >= 11 is 0. The normalized spacial score (nSPS) is 14.4. The van der Waals surface area contributed by atoms with Crippen LogP contribution >= 0.6 is 0 Å². The van der Waals surface area contributed by atoms with Gasteiger partial charge in [-0.05, 0) is 62.1 Å². The van der Waals surface area contributed by atoms with Crippen LogP contribution in [0.15, 0.2) is 77.5 Å². The Morgan fingerprint density at radius 2 is 1.72 bits per heavy atom. The number of nitrogens with one attached hydrogen (secondary N) is 1. The van der Waals surface area contributed by atoms with Crippen LogP contribution in [-0.4, -0.2) is 57.7 Å². The minimum absolute atomic E-state index is 0.153. The van der Waals surface area contributed by atoms with Crippen LogP contribution < -0.4 is 4.72 Å². The van der Waals surface area contributed by atoms with Gasteiger partial charge in [-0.15, -0.1) is 0 Å². The summed E-state index contributed by atoms with van der Waals surface area (Å²) in [7, 11) is -2.22. The van der Waals surface area contributed by atoms with Gasteiger partial charge in [0.25, 0.3) is 10.0 Å². The van der Waals surface area contributed by atoms with Crippen molar-refractivity contribution < 1.29 is 13.2 Å². The maximum Gasteiger partial charge on any atom is 0.264 e. The third kappa shape index (κ3) is 5.99. The molecule has 0 atom stereocenters. The van der Waals surface area contributed by atoms with Gasteiger partial charge in [0.1, 0.15) is 10.7 Å². The maximum atomic E-state index is 13.2. The molecule has 1 N–H and O–H groups in total. The molecule has 1 aliphatic rings. The summed E-state index contributed by atoms with van der Waals surface area (Å²) in [5, 5.41) is 0. The van der Waals surface area contributed by atoms with Crippen molar-refractivity contribution in [1.29, 1.82) is 0 Å². The molecule has 2 aromatic rings. The van der Waals surface area contributed by atoms with E-state index in [2.05, 4.69) is 39.3 Å². The van der Waals surface area contributed by atoms with Crippen LogP contribution in [0, 0.1) is 13.8 Å². The summed E-state index contributed by atoms with van der Waals surface area (Å²) in [4.78, 5) is 8.87. The average Bonchev–Trinajstić information content (AvgIpc) is 3.11. The monoisotopic (exact) mass is 508 g/mol. The van der Waals surface area contributed by atoms with Crippen LogP contribution in [0.5, 0.6) is 0 Å². The summed E-state index contributed by atoms with van der Waals surface area (Å²) in [6, 6.07) is 10.8. The number of sulfonamides is 1. The molecule has 0 aromatic heterocycles. The average molecular weight is 509 g/mol. The fourth-order valence-corrected chi connectivity index (χ4v) is 5.59. The summed E-state index contributed by atoms with van der Waals surface area (Å²) in [6.45, 7) is 21.2. The Hall–Kier alpha value is -3.52. The van der Waals surface area contributed by atoms with Crippen molar-refractivity contribution in [3.8, 4) is 0 Å². The van der Waals surface area contributed by atoms with Crippen LogP contribution in [0.25, 0.3) is 5.70 Å². The van der Waals surface area contributed by atoms with Crippen LogP contribution in [-0.2, 0) is 14.8 Å². The molecule has 0 spiro atoms. The van der Waals surface area contributed by atoms with E-state index < -0.39 is 10.0 Å². The number of methoxy groups -OCH3 is 1. The molecule has 0 bridgehead atoms. The molecular formula is C28H36N4O3S. The first kappa shape index (κ1) is 27.1. The van der Waals surface area contributed by atoms with Gasteiger partial charge in [-0.2, -0.15) is 0 Å². The first-order valence-corrected chi connectivity index (χ1v) is 13.4. The Labute approximate surface area is 215 Å². The number of hydrogen-bond acceptors (Lipinski definition) is 6. The SMILES string of the molecule is C=C(OC)C(=C)N1CCCN(C(=C)c2ccc(NS(=O)(=O)c3cccc(C)c3N=CC)c(C)c2)CC1. The van der Waals surface area contributed by atoms with Crippen molar-refractivity contribution in [2.45, 2.75) is 32.1 Å². The lowest BCUT2D eigenvalue weighted by molar-refractivity contribution is 0.260. The van der Waals surface area contributed by atoms with Crippen LogP contribution in [0.4, 0.5) is 11.4 Å². The van der Waals surface area contributed by atoms with Crippen molar-refractivity contribution in [2.24, 2.45) is 4.99 Å². The zero-order valence-electron chi connectivity index (χ0n) is 21.7. The molecule has 8 heteroatoms. The Bertz CT molecular complexity index is 1300. The molecule has 7 nitrogen and oxygen atoms in total. The predicted octanol–water partition coefficient (Wildman–Crippen LogP) is 5.48. The fourth-order valence-electron chi connectivity index (χ4n) is 4.23. The predicted molar refractivity (Wildman–Crippen MR) is 149 cm³/mol. The van der Waals surface area contributed by atoms with Gasteiger partial charge in [-0.1, -0.05) is 37.9 Å². The van der Waals surface area contributed by atoms with Gasteiger partial charge in [0.2, 0.25) is 0 Å². The molecule has 0 saturated carbocycles. The Morgan fingerprint density at radius 3 is 2.39 bits per heavy atom. The van der Waals surface area contributed by atoms with Crippen molar-refractivity contribution in [3.63, 3.8) is 0 Å². The largest absolute Gasteiger partial charge is 0.495 e. The highest BCUT2D eigenvalue weighted by atomic mass is 32.2. The quantitative estimate of drug-likeness (QED) is 0.276. The summed E-state index contributed by atoms with van der Waals surface area (Å²) in [5.74, 6) is 0.579. The number of anilines is 1. The van der Waals surface area contributed by atoms with Crippen molar-refractivity contribution in [3.05, 3.63) is 84.3 Å². The summed E-state index contributed by atoms with van der Waals surface area (Å²) in [6.07, 6.45) is 2.55. The van der Waals surface area contributed by atoms with E-state index in [0.29, 0.717) is 17.1 Å². The van der Waals surface area contributed by atoms with Crippen LogP contribution in [0.1, 0.15) is 30.0 Å². The number of benzene rings is 2. The Kier molecular flexibility index (Phi) is 8.63. The second-order valence-corrected chi connectivity index (χ2v) is 10.4. The topological polar surface area (TPSA) is 74.2 Å². The first-order chi connectivity index (χ1) is 17.1. The first-order valence-electron chi connectivity index (χ1n) is 11.9. The minimum atomic E-state index is -3.82. The van der Waals surface area contributed by atoms with Gasteiger partial charge in [0, 0.05) is 38.1 Å². The van der Waals surface area contributed by atoms with E-state index in [1.165, 1.54) is 0 Å². The molecular weight excluding hydrogens is 472 g/mol. The lowest BCUT2D eigenvalue weighted by atomic mass is 10.1. The number of aliphatic imine (C=N–C) groups is 1. The molecule has 192 valence electrons. The third-order valence-electron chi connectivity index (χ3n) is 6.38. The third-order valence-corrected chi connectivity index (χ3v) is 7.78.